The van der Waals surface area contributed by atoms with E-state index in [1.807, 2.05) is 99.0 Å². The Morgan fingerprint density at radius 3 is 0.854 bits per heavy atom. The number of aliphatic hydroxyl groups is 4. The zero-order valence-electron chi connectivity index (χ0n) is 50.8. The fourth-order valence-corrected chi connectivity index (χ4v) is 32.3. The van der Waals surface area contributed by atoms with Gasteiger partial charge >= 0.3 is 57.5 Å². The highest BCUT2D eigenvalue weighted by Gasteiger charge is 2.48. The Balaban J connectivity index is 0.000000534. The van der Waals surface area contributed by atoms with Crippen molar-refractivity contribution in [3.8, 4) is 0 Å². The van der Waals surface area contributed by atoms with E-state index in [2.05, 4.69) is 63.9 Å². The summed E-state index contributed by atoms with van der Waals surface area (Å²) in [5, 5.41) is 34.7. The summed E-state index contributed by atoms with van der Waals surface area (Å²) in [6.45, 7) is 29.1. The van der Waals surface area contributed by atoms with E-state index >= 15 is 0 Å². The van der Waals surface area contributed by atoms with Gasteiger partial charge in [-0.1, -0.05) is 110 Å². The highest BCUT2D eigenvalue weighted by Crippen LogP contribution is 2.33. The molecule has 0 amide bonds. The summed E-state index contributed by atoms with van der Waals surface area (Å²) < 4.78 is 102. The number of halogens is 5. The lowest BCUT2D eigenvalue weighted by molar-refractivity contribution is -0.131. The molecule has 25 heteroatoms. The molecule has 3 atom stereocenters. The Kier molecular flexibility index (Phi) is 34.3. The molecule has 0 heterocycles. The number of hydrogen-bond acceptors (Lipinski definition) is 14. The number of alkyl halides is 5. The predicted molar refractivity (Wildman–Crippen MR) is 334 cm³/mol. The maximum absolute atomic E-state index is 13.3. The summed E-state index contributed by atoms with van der Waals surface area (Å²) in [6.07, 6.45) is -5.99. The molecule has 0 aromatic heterocycles. The lowest BCUT2D eigenvalue weighted by Crippen LogP contribution is -2.56. The SMILES string of the molecule is CC(O)CO.CC(O)COCc1ccc(CO[Si](C)(C)O[Si](C)(CCC(F)(F)F)O[Si](C)(C)OCc2ccc(COCC(C)O)cc2)cc1.CCC[Si](C)(O[Si](C)(C)OCc1ccc(CCl)cc1)O[Si](C)(C)OCc1ccc(CCl)cc1. The minimum atomic E-state index is -4.35. The van der Waals surface area contributed by atoms with Gasteiger partial charge in [-0.25, -0.2) is 0 Å². The molecule has 0 aliphatic rings. The molecule has 0 aliphatic heterocycles. The summed E-state index contributed by atoms with van der Waals surface area (Å²) in [6, 6.07) is 32.3. The van der Waals surface area contributed by atoms with Crippen molar-refractivity contribution in [2.24, 2.45) is 0 Å². The van der Waals surface area contributed by atoms with Gasteiger partial charge < -0.3 is 64.1 Å². The highest BCUT2D eigenvalue weighted by molar-refractivity contribution is 6.86. The van der Waals surface area contributed by atoms with Crippen LogP contribution in [0.4, 0.5) is 13.2 Å². The van der Waals surface area contributed by atoms with Crippen molar-refractivity contribution in [3.05, 3.63) is 142 Å². The van der Waals surface area contributed by atoms with Gasteiger partial charge in [-0.05, 0) is 143 Å². The molecule has 466 valence electrons. The average Bonchev–Trinajstić information content (AvgIpc) is 3.53. The van der Waals surface area contributed by atoms with Crippen LogP contribution in [-0.4, -0.2) is 116 Å². The predicted octanol–water partition coefficient (Wildman–Crippen LogP) is 13.9. The summed E-state index contributed by atoms with van der Waals surface area (Å²) >= 11 is 11.8. The van der Waals surface area contributed by atoms with Crippen molar-refractivity contribution in [2.45, 2.75) is 194 Å². The average molecular weight is 1300 g/mol. The van der Waals surface area contributed by atoms with Crippen molar-refractivity contribution in [3.63, 3.8) is 0 Å². The van der Waals surface area contributed by atoms with Crippen LogP contribution in [0.3, 0.4) is 0 Å². The van der Waals surface area contributed by atoms with Gasteiger partial charge in [-0.2, -0.15) is 13.2 Å². The number of aliphatic hydroxyl groups excluding tert-OH is 4. The second-order valence-electron chi connectivity index (χ2n) is 22.6. The maximum Gasteiger partial charge on any atom is 0.389 e. The number of benzene rings is 4. The van der Waals surface area contributed by atoms with Crippen LogP contribution in [0.15, 0.2) is 97.1 Å². The van der Waals surface area contributed by atoms with Crippen LogP contribution in [0.1, 0.15) is 85.0 Å². The quantitative estimate of drug-likeness (QED) is 0.0253. The largest absolute Gasteiger partial charge is 0.415 e. The van der Waals surface area contributed by atoms with Gasteiger partial charge in [0.1, 0.15) is 0 Å². The van der Waals surface area contributed by atoms with E-state index in [-0.39, 0.29) is 39.1 Å². The third-order valence-corrected chi connectivity index (χ3v) is 33.0. The topological polar surface area (TPSA) is 173 Å². The van der Waals surface area contributed by atoms with E-state index in [0.29, 0.717) is 38.2 Å². The molecule has 0 saturated carbocycles. The van der Waals surface area contributed by atoms with Crippen LogP contribution in [-0.2, 0) is 95.0 Å². The minimum Gasteiger partial charge on any atom is -0.415 e. The van der Waals surface area contributed by atoms with Gasteiger partial charge in [0.05, 0.1) is 77.8 Å². The van der Waals surface area contributed by atoms with Gasteiger partial charge in [-0.15, -0.1) is 23.2 Å². The van der Waals surface area contributed by atoms with E-state index in [9.17, 15) is 23.4 Å². The second-order valence-corrected chi connectivity index (χ2v) is 44.3. The van der Waals surface area contributed by atoms with Crippen LogP contribution in [0.5, 0.6) is 0 Å². The fourth-order valence-electron chi connectivity index (χ4n) is 7.90. The molecule has 4 aromatic carbocycles. The standard InChI is InChI=1S/C30H49F3O8Si3.C24H38Cl2O4Si3.C3H8O2/c1-24(34)18-36-20-26-8-12-28(13-9-26)22-38-42(3,4)40-44(7,17-16-30(31,32)33)41-43(5,6)39-23-29-14-10-27(11-15-29)21-37-19-25(2)35;1-7-16-33(6,29-31(2,3)27-19-23-12-8-21(17-25)9-13-23)30-32(4,5)28-20-24-14-10-22(18-26)11-15-24;1-3(5)2-4/h8-15,24-25,34-35H,16-23H2,1-7H3;8-15H,7,16-20H2,1-6H3;3-5H,2H2,1H3. The first-order valence-corrected chi connectivity index (χ1v) is 45.2. The van der Waals surface area contributed by atoms with Crippen LogP contribution in [0.2, 0.25) is 77.6 Å². The molecule has 4 aromatic rings. The third kappa shape index (κ3) is 35.0. The van der Waals surface area contributed by atoms with Crippen molar-refractivity contribution in [1.29, 1.82) is 0 Å². The summed E-state index contributed by atoms with van der Waals surface area (Å²) in [4.78, 5) is 0. The Bertz CT molecular complexity index is 2200. The van der Waals surface area contributed by atoms with Crippen LogP contribution < -0.4 is 0 Å². The van der Waals surface area contributed by atoms with E-state index in [1.54, 1.807) is 20.4 Å². The first-order valence-electron chi connectivity index (χ1n) is 27.8. The highest BCUT2D eigenvalue weighted by atomic mass is 35.5. The second kappa shape index (κ2) is 37.0. The molecule has 3 unspecified atom stereocenters. The Morgan fingerprint density at radius 1 is 0.415 bits per heavy atom. The third-order valence-electron chi connectivity index (χ3n) is 11.7. The molecule has 0 saturated heterocycles. The lowest BCUT2D eigenvalue weighted by Gasteiger charge is -2.40. The van der Waals surface area contributed by atoms with Gasteiger partial charge in [0.15, 0.2) is 0 Å². The van der Waals surface area contributed by atoms with Gasteiger partial charge in [0.25, 0.3) is 0 Å². The van der Waals surface area contributed by atoms with Crippen molar-refractivity contribution < 1.29 is 77.2 Å². The molecule has 4 rings (SSSR count). The molecule has 0 bridgehead atoms. The smallest absolute Gasteiger partial charge is 0.389 e. The van der Waals surface area contributed by atoms with Crippen molar-refractivity contribution in [2.75, 3.05) is 19.8 Å². The van der Waals surface area contributed by atoms with Crippen LogP contribution in [0, 0.1) is 0 Å². The van der Waals surface area contributed by atoms with Gasteiger partial charge in [0, 0.05) is 18.2 Å². The Morgan fingerprint density at radius 2 is 0.646 bits per heavy atom. The molecule has 82 heavy (non-hydrogen) atoms. The monoisotopic (exact) mass is 1300 g/mol. The lowest BCUT2D eigenvalue weighted by atomic mass is 10.1. The maximum atomic E-state index is 13.3. The minimum absolute atomic E-state index is 0.139. The molecule has 0 fully saturated rings. The van der Waals surface area contributed by atoms with Gasteiger partial charge in [0.2, 0.25) is 0 Å². The molecule has 14 nitrogen and oxygen atoms in total. The van der Waals surface area contributed by atoms with E-state index < -0.39 is 82.3 Å². The fraction of sp³-hybridized carbons (Fsp3) is 0.579. The summed E-state index contributed by atoms with van der Waals surface area (Å²) in [5.41, 5.74) is 8.13. The zero-order valence-corrected chi connectivity index (χ0v) is 58.3. The summed E-state index contributed by atoms with van der Waals surface area (Å²) in [5.74, 6) is 1.03. The van der Waals surface area contributed by atoms with Crippen LogP contribution >= 0.6 is 23.2 Å². The van der Waals surface area contributed by atoms with Crippen molar-refractivity contribution in [1.82, 2.24) is 0 Å². The molecular formula is C57H95Cl2F3O14Si6. The van der Waals surface area contributed by atoms with Crippen LogP contribution in [0.25, 0.3) is 0 Å². The number of hydrogen-bond donors (Lipinski definition) is 4. The van der Waals surface area contributed by atoms with Gasteiger partial charge in [-0.3, -0.25) is 0 Å². The summed E-state index contributed by atoms with van der Waals surface area (Å²) in [7, 11) is -16.5. The number of ether oxygens (including phenoxy) is 2. The zero-order chi connectivity index (χ0) is 61.8. The molecular weight excluding hydrogens is 1210 g/mol. The van der Waals surface area contributed by atoms with E-state index in [1.165, 1.54) is 6.92 Å². The first-order chi connectivity index (χ1) is 38.1. The normalized spacial score (nSPS) is 14.5. The Labute approximate surface area is 504 Å². The molecule has 4 N–H and O–H groups in total. The molecule has 0 aliphatic carbocycles. The number of rotatable bonds is 35. The van der Waals surface area contributed by atoms with Crippen molar-refractivity contribution >= 4 is 74.6 Å². The molecule has 0 spiro atoms. The first kappa shape index (κ1) is 76.1. The molecule has 0 radical (unpaired) electrons. The Hall–Kier alpha value is -2.01. The van der Waals surface area contributed by atoms with E-state index in [4.69, 9.17) is 77.1 Å². The van der Waals surface area contributed by atoms with E-state index in [0.717, 1.165) is 57.0 Å².